The minimum atomic E-state index is 0.0517. The van der Waals surface area contributed by atoms with Crippen molar-refractivity contribution in [1.82, 2.24) is 29.7 Å². The second-order valence-corrected chi connectivity index (χ2v) is 9.41. The fourth-order valence-corrected chi connectivity index (χ4v) is 5.18. The van der Waals surface area contributed by atoms with Crippen LogP contribution in [0.25, 0.3) is 11.3 Å². The number of nitrogen functional groups attached to an aromatic ring is 1. The smallest absolute Gasteiger partial charge is 0.206 e. The number of phenolic OH excluding ortho intramolecular Hbond substituents is 1. The average Bonchev–Trinajstić information content (AvgIpc) is 3.64. The van der Waals surface area contributed by atoms with Gasteiger partial charge >= 0.3 is 0 Å². The number of aromatic nitrogens is 6. The highest BCUT2D eigenvalue weighted by Crippen LogP contribution is 2.42. The summed E-state index contributed by atoms with van der Waals surface area (Å²) in [5.41, 5.74) is 7.19. The van der Waals surface area contributed by atoms with E-state index in [1.807, 2.05) is 22.9 Å². The zero-order valence-corrected chi connectivity index (χ0v) is 20.1. The minimum absolute atomic E-state index is 0.0517. The minimum Gasteiger partial charge on any atom is -0.507 e. The van der Waals surface area contributed by atoms with Crippen molar-refractivity contribution in [2.45, 2.75) is 25.5 Å². The molecule has 1 unspecified atom stereocenters. The number of anilines is 2. The molecule has 3 atom stereocenters. The highest BCUT2D eigenvalue weighted by molar-refractivity contribution is 5.68. The Morgan fingerprint density at radius 1 is 1.08 bits per heavy atom. The van der Waals surface area contributed by atoms with Gasteiger partial charge in [0.1, 0.15) is 17.3 Å². The maximum Gasteiger partial charge on any atom is 0.206 e. The fourth-order valence-electron chi connectivity index (χ4n) is 5.18. The van der Waals surface area contributed by atoms with E-state index in [-0.39, 0.29) is 17.7 Å². The summed E-state index contributed by atoms with van der Waals surface area (Å²) < 4.78 is 8.20. The molecular weight excluding hydrogens is 468 g/mol. The molecule has 0 radical (unpaired) electrons. The Morgan fingerprint density at radius 2 is 1.92 bits per heavy atom. The molecule has 0 bridgehead atoms. The van der Waals surface area contributed by atoms with Gasteiger partial charge in [-0.2, -0.15) is 0 Å². The topological polar surface area (TPSA) is 128 Å². The summed E-state index contributed by atoms with van der Waals surface area (Å²) in [6, 6.07) is 10.7. The summed E-state index contributed by atoms with van der Waals surface area (Å²) in [5, 5.41) is 18.4. The molecule has 37 heavy (non-hydrogen) atoms. The van der Waals surface area contributed by atoms with Gasteiger partial charge in [-0.05, 0) is 48.8 Å². The number of aromatic hydroxyl groups is 1. The van der Waals surface area contributed by atoms with Gasteiger partial charge in [0, 0.05) is 43.3 Å². The monoisotopic (exact) mass is 494 g/mol. The van der Waals surface area contributed by atoms with Gasteiger partial charge in [-0.3, -0.25) is 0 Å². The summed E-state index contributed by atoms with van der Waals surface area (Å²) in [4.78, 5) is 15.3. The third-order valence-electron chi connectivity index (χ3n) is 6.95. The molecule has 3 N–H and O–H groups in total. The van der Waals surface area contributed by atoms with E-state index in [1.54, 1.807) is 43.0 Å². The normalized spacial score (nSPS) is 20.3. The maximum atomic E-state index is 10.2. The van der Waals surface area contributed by atoms with Crippen molar-refractivity contribution in [3.8, 4) is 34.6 Å². The molecule has 0 spiro atoms. The van der Waals surface area contributed by atoms with Crippen molar-refractivity contribution in [1.29, 1.82) is 0 Å². The van der Waals surface area contributed by atoms with E-state index in [2.05, 4.69) is 41.9 Å². The molecule has 1 saturated heterocycles. The first-order valence-corrected chi connectivity index (χ1v) is 12.2. The molecule has 4 heterocycles. The average molecular weight is 495 g/mol. The van der Waals surface area contributed by atoms with Gasteiger partial charge in [0.25, 0.3) is 0 Å². The number of nitrogens with two attached hydrogens (primary N) is 1. The molecule has 3 aromatic heterocycles. The number of imidazole rings is 1. The Bertz CT molecular complexity index is 1450. The molecule has 2 aliphatic rings. The predicted octanol–water partition coefficient (Wildman–Crippen LogP) is 2.76. The third kappa shape index (κ3) is 4.89. The Balaban J connectivity index is 1.09. The molecule has 4 aromatic rings. The van der Waals surface area contributed by atoms with Crippen LogP contribution in [0.3, 0.4) is 0 Å². The van der Waals surface area contributed by atoms with E-state index >= 15 is 0 Å². The summed E-state index contributed by atoms with van der Waals surface area (Å²) in [7, 11) is 0. The Morgan fingerprint density at radius 3 is 2.70 bits per heavy atom. The zero-order valence-electron chi connectivity index (χ0n) is 20.1. The maximum absolute atomic E-state index is 10.2. The summed E-state index contributed by atoms with van der Waals surface area (Å²) in [6.07, 6.45) is 9.02. The van der Waals surface area contributed by atoms with Gasteiger partial charge in [0.05, 0.1) is 19.0 Å². The largest absolute Gasteiger partial charge is 0.507 e. The van der Waals surface area contributed by atoms with Gasteiger partial charge in [0.2, 0.25) is 5.82 Å². The van der Waals surface area contributed by atoms with E-state index in [0.29, 0.717) is 41.2 Å². The van der Waals surface area contributed by atoms with Crippen LogP contribution in [0, 0.1) is 23.7 Å². The van der Waals surface area contributed by atoms with Crippen LogP contribution in [-0.4, -0.2) is 54.0 Å². The number of benzene rings is 1. The van der Waals surface area contributed by atoms with E-state index in [4.69, 9.17) is 10.5 Å². The number of para-hydroxylation sites is 1. The van der Waals surface area contributed by atoms with Crippen LogP contribution in [-0.2, 0) is 6.54 Å². The Labute approximate surface area is 214 Å². The Hall–Kier alpha value is -4.65. The molecular formula is C27H26N8O2. The first-order chi connectivity index (χ1) is 18.1. The lowest BCUT2D eigenvalue weighted by Crippen LogP contribution is -2.25. The number of phenols is 1. The fraction of sp³-hybridized carbons (Fsp3) is 0.296. The van der Waals surface area contributed by atoms with Gasteiger partial charge in [-0.1, -0.05) is 18.1 Å². The number of hydrogen-bond acceptors (Lipinski definition) is 9. The van der Waals surface area contributed by atoms with Crippen molar-refractivity contribution in [2.24, 2.45) is 11.8 Å². The first-order valence-electron chi connectivity index (χ1n) is 12.2. The van der Waals surface area contributed by atoms with Gasteiger partial charge < -0.3 is 25.0 Å². The van der Waals surface area contributed by atoms with E-state index in [0.717, 1.165) is 31.7 Å². The first kappa shape index (κ1) is 22.8. The zero-order chi connectivity index (χ0) is 25.2. The van der Waals surface area contributed by atoms with Gasteiger partial charge in [-0.15, -0.1) is 10.2 Å². The molecule has 0 amide bonds. The molecule has 1 aromatic carbocycles. The molecule has 10 heteroatoms. The van der Waals surface area contributed by atoms with Gasteiger partial charge in [-0.25, -0.2) is 15.0 Å². The quantitative estimate of drug-likeness (QED) is 0.403. The summed E-state index contributed by atoms with van der Waals surface area (Å²) in [6.45, 7) is 2.38. The second-order valence-electron chi connectivity index (χ2n) is 9.41. The van der Waals surface area contributed by atoms with Crippen LogP contribution in [0.15, 0.2) is 61.3 Å². The lowest BCUT2D eigenvalue weighted by Gasteiger charge is -2.21. The van der Waals surface area contributed by atoms with Gasteiger partial charge in [0.15, 0.2) is 11.6 Å². The van der Waals surface area contributed by atoms with E-state index in [9.17, 15) is 5.11 Å². The Kier molecular flexibility index (Phi) is 6.02. The SMILES string of the molecule is Nc1nnc(-c2ccccc2O)cc1OC1C[C@@H]2CN(c3ccnc(C#CCn4ccnc4)n3)C[C@@H]2C1. The molecule has 1 aliphatic heterocycles. The number of ether oxygens (including phenoxy) is 1. The number of fused-ring (bicyclic) bond motifs is 1. The van der Waals surface area contributed by atoms with Crippen molar-refractivity contribution in [2.75, 3.05) is 23.7 Å². The standard InChI is InChI=1S/C27H26N8O2/c28-27-24(14-22(32-33-27)21-4-1-2-5-23(21)36)37-20-12-18-15-35(16-19(18)13-20)26-7-8-30-25(31-26)6-3-10-34-11-9-29-17-34/h1-2,4-5,7-9,11,14,17-20,36H,10,12-13,15-16H2,(H2,28,33)/t18-,19+,20?. The van der Waals surface area contributed by atoms with Crippen molar-refractivity contribution < 1.29 is 9.84 Å². The van der Waals surface area contributed by atoms with E-state index < -0.39 is 0 Å². The lowest BCUT2D eigenvalue weighted by atomic mass is 10.0. The molecule has 1 aliphatic carbocycles. The van der Waals surface area contributed by atoms with Crippen LogP contribution >= 0.6 is 0 Å². The highest BCUT2D eigenvalue weighted by atomic mass is 16.5. The van der Waals surface area contributed by atoms with Crippen LogP contribution in [0.5, 0.6) is 11.5 Å². The summed E-state index contributed by atoms with van der Waals surface area (Å²) in [5.74, 6) is 9.48. The third-order valence-corrected chi connectivity index (χ3v) is 6.95. The molecule has 186 valence electrons. The molecule has 6 rings (SSSR count). The number of nitrogens with zero attached hydrogens (tertiary/aromatic N) is 7. The number of rotatable bonds is 5. The highest BCUT2D eigenvalue weighted by Gasteiger charge is 2.42. The van der Waals surface area contributed by atoms with Crippen LogP contribution in [0.4, 0.5) is 11.6 Å². The molecule has 10 nitrogen and oxygen atoms in total. The van der Waals surface area contributed by atoms with Crippen LogP contribution < -0.4 is 15.4 Å². The van der Waals surface area contributed by atoms with Crippen molar-refractivity contribution in [3.05, 3.63) is 67.1 Å². The van der Waals surface area contributed by atoms with Crippen molar-refractivity contribution in [3.63, 3.8) is 0 Å². The van der Waals surface area contributed by atoms with Crippen LogP contribution in [0.1, 0.15) is 18.7 Å². The predicted molar refractivity (Wildman–Crippen MR) is 138 cm³/mol. The van der Waals surface area contributed by atoms with Crippen molar-refractivity contribution >= 4 is 11.6 Å². The number of hydrogen-bond donors (Lipinski definition) is 2. The van der Waals surface area contributed by atoms with E-state index in [1.165, 1.54) is 0 Å². The molecule has 2 fully saturated rings. The lowest BCUT2D eigenvalue weighted by molar-refractivity contribution is 0.201. The molecule has 1 saturated carbocycles. The summed E-state index contributed by atoms with van der Waals surface area (Å²) >= 11 is 0. The second kappa shape index (κ2) is 9.78. The van der Waals surface area contributed by atoms with Crippen LogP contribution in [0.2, 0.25) is 0 Å².